The van der Waals surface area contributed by atoms with Crippen LogP contribution in [-0.2, 0) is 28.7 Å². The first-order valence-corrected chi connectivity index (χ1v) is 11.9. The molecule has 0 saturated carbocycles. The molecule has 2 aliphatic heterocycles. The molecular formula is C23H26N3NaO9S. The maximum Gasteiger partial charge on any atom is 1.00 e. The third-order valence-corrected chi connectivity index (χ3v) is 6.48. The molecule has 0 aliphatic carbocycles. The Hall–Kier alpha value is -2.74. The SMILES string of the molecule is CC(=O)OCC1=C(C(=O)[O-])N2C(=O)[C@H](NC(=O)C(NC(=O)OC(C)(C)C)c3ccc(O)cc3)[C@H]2SC1.[Na+]. The Balaban J connectivity index is 0.00000481. The maximum absolute atomic E-state index is 13.2. The number of esters is 1. The number of β-lactam (4-membered cyclic amide) rings is 1. The summed E-state index contributed by atoms with van der Waals surface area (Å²) in [7, 11) is 0. The molecule has 0 radical (unpaired) electrons. The summed E-state index contributed by atoms with van der Waals surface area (Å²) in [5, 5.41) is 25.6. The fourth-order valence-corrected chi connectivity index (χ4v) is 4.93. The summed E-state index contributed by atoms with van der Waals surface area (Å²) >= 11 is 1.18. The number of ether oxygens (including phenoxy) is 2. The second-order valence-corrected chi connectivity index (χ2v) is 10.2. The third kappa shape index (κ3) is 7.40. The van der Waals surface area contributed by atoms with Gasteiger partial charge >= 0.3 is 41.6 Å². The fraction of sp³-hybridized carbons (Fsp3) is 0.435. The van der Waals surface area contributed by atoms with E-state index in [-0.39, 0.29) is 53.2 Å². The van der Waals surface area contributed by atoms with Crippen molar-refractivity contribution in [2.24, 2.45) is 0 Å². The van der Waals surface area contributed by atoms with Crippen LogP contribution < -0.4 is 45.3 Å². The maximum atomic E-state index is 13.2. The molecule has 37 heavy (non-hydrogen) atoms. The van der Waals surface area contributed by atoms with Gasteiger partial charge in [0.05, 0.1) is 11.7 Å². The normalized spacial score (nSPS) is 19.5. The Morgan fingerprint density at radius 2 is 1.84 bits per heavy atom. The summed E-state index contributed by atoms with van der Waals surface area (Å²) in [5.74, 6) is -3.56. The molecule has 12 nitrogen and oxygen atoms in total. The predicted molar refractivity (Wildman–Crippen MR) is 124 cm³/mol. The Kier molecular flexibility index (Phi) is 10.1. The summed E-state index contributed by atoms with van der Waals surface area (Å²) in [4.78, 5) is 62.3. The number of thioether (sulfide) groups is 1. The average Bonchev–Trinajstić information content (AvgIpc) is 2.78. The first kappa shape index (κ1) is 30.5. The number of rotatable bonds is 7. The van der Waals surface area contributed by atoms with E-state index < -0.39 is 58.6 Å². The van der Waals surface area contributed by atoms with Gasteiger partial charge in [-0.25, -0.2) is 4.79 Å². The van der Waals surface area contributed by atoms with Crippen molar-refractivity contribution in [2.45, 2.75) is 50.8 Å². The second kappa shape index (κ2) is 12.2. The molecular weight excluding hydrogens is 517 g/mol. The number of carbonyl (C=O) groups excluding carboxylic acids is 5. The zero-order valence-corrected chi connectivity index (χ0v) is 23.8. The van der Waals surface area contributed by atoms with Crippen molar-refractivity contribution >= 4 is 41.6 Å². The molecule has 1 unspecified atom stereocenters. The van der Waals surface area contributed by atoms with Crippen LogP contribution in [0.2, 0.25) is 0 Å². The minimum Gasteiger partial charge on any atom is -0.543 e. The molecule has 3 amide bonds. The average molecular weight is 544 g/mol. The number of fused-ring (bicyclic) bond motifs is 1. The molecule has 1 aromatic rings. The summed E-state index contributed by atoms with van der Waals surface area (Å²) < 4.78 is 10.1. The van der Waals surface area contributed by atoms with Crippen molar-refractivity contribution in [1.29, 1.82) is 0 Å². The van der Waals surface area contributed by atoms with Crippen LogP contribution in [0.25, 0.3) is 0 Å². The largest absolute Gasteiger partial charge is 1.00 e. The van der Waals surface area contributed by atoms with Gasteiger partial charge in [-0.1, -0.05) is 12.1 Å². The smallest absolute Gasteiger partial charge is 0.543 e. The first-order chi connectivity index (χ1) is 16.8. The van der Waals surface area contributed by atoms with Crippen LogP contribution in [-0.4, -0.2) is 69.2 Å². The number of nitrogens with zero attached hydrogens (tertiary/aromatic N) is 1. The molecule has 14 heteroatoms. The fourth-order valence-electron chi connectivity index (χ4n) is 3.60. The third-order valence-electron chi connectivity index (χ3n) is 5.14. The number of carboxylic acids is 1. The summed E-state index contributed by atoms with van der Waals surface area (Å²) in [6.45, 7) is 5.84. The van der Waals surface area contributed by atoms with Gasteiger partial charge in [0.2, 0.25) is 5.91 Å². The summed E-state index contributed by atoms with van der Waals surface area (Å²) in [6, 6.07) is 3.18. The van der Waals surface area contributed by atoms with Gasteiger partial charge < -0.3 is 35.1 Å². The number of phenols is 1. The number of hydrogen-bond donors (Lipinski definition) is 3. The van der Waals surface area contributed by atoms with Gasteiger partial charge in [0, 0.05) is 18.2 Å². The number of aliphatic carboxylic acids is 1. The molecule has 3 N–H and O–H groups in total. The van der Waals surface area contributed by atoms with E-state index in [9.17, 15) is 34.2 Å². The zero-order chi connectivity index (χ0) is 26.8. The zero-order valence-electron chi connectivity index (χ0n) is 21.0. The van der Waals surface area contributed by atoms with Gasteiger partial charge in [-0.05, 0) is 38.5 Å². The number of carbonyl (C=O) groups is 5. The minimum absolute atomic E-state index is 0. The topological polar surface area (TPSA) is 174 Å². The van der Waals surface area contributed by atoms with Crippen molar-refractivity contribution in [3.63, 3.8) is 0 Å². The van der Waals surface area contributed by atoms with Gasteiger partial charge in [-0.2, -0.15) is 0 Å². The quantitative estimate of drug-likeness (QED) is 0.182. The summed E-state index contributed by atoms with van der Waals surface area (Å²) in [5.41, 5.74) is -0.702. The molecule has 0 spiro atoms. The molecule has 1 saturated heterocycles. The Labute approximate surface area is 239 Å². The van der Waals surface area contributed by atoms with E-state index in [1.54, 1.807) is 20.8 Å². The van der Waals surface area contributed by atoms with Crippen LogP contribution in [0.4, 0.5) is 4.79 Å². The Morgan fingerprint density at radius 1 is 1.22 bits per heavy atom. The van der Waals surface area contributed by atoms with Crippen LogP contribution in [0.15, 0.2) is 35.5 Å². The van der Waals surface area contributed by atoms with Gasteiger partial charge in [-0.15, -0.1) is 11.8 Å². The molecule has 0 aromatic heterocycles. The van der Waals surface area contributed by atoms with Crippen LogP contribution in [0, 0.1) is 0 Å². The van der Waals surface area contributed by atoms with E-state index in [1.807, 2.05) is 0 Å². The number of nitrogens with one attached hydrogen (secondary N) is 2. The van der Waals surface area contributed by atoms with Gasteiger partial charge in [0.15, 0.2) is 0 Å². The van der Waals surface area contributed by atoms with Crippen LogP contribution in [0.1, 0.15) is 39.3 Å². The van der Waals surface area contributed by atoms with Crippen molar-refractivity contribution in [1.82, 2.24) is 15.5 Å². The van der Waals surface area contributed by atoms with Gasteiger partial charge in [0.25, 0.3) is 5.91 Å². The van der Waals surface area contributed by atoms with Crippen molar-refractivity contribution in [2.75, 3.05) is 12.4 Å². The molecule has 1 aromatic carbocycles. The molecule has 1 fully saturated rings. The minimum atomic E-state index is -1.60. The second-order valence-electron chi connectivity index (χ2n) is 9.09. The number of alkyl carbamates (subject to hydrolysis) is 1. The van der Waals surface area contributed by atoms with Crippen molar-refractivity contribution in [3.8, 4) is 5.75 Å². The first-order valence-electron chi connectivity index (χ1n) is 10.9. The number of amides is 3. The number of aromatic hydroxyl groups is 1. The van der Waals surface area contributed by atoms with Gasteiger partial charge in [0.1, 0.15) is 35.4 Å². The van der Waals surface area contributed by atoms with E-state index in [0.717, 1.165) is 4.90 Å². The molecule has 3 atom stereocenters. The number of phenolic OH excluding ortho intramolecular Hbond substituents is 1. The molecule has 0 bridgehead atoms. The molecule has 2 aliphatic rings. The van der Waals surface area contributed by atoms with E-state index >= 15 is 0 Å². The van der Waals surface area contributed by atoms with Crippen LogP contribution in [0.5, 0.6) is 5.75 Å². The number of carboxylic acid groups (broad SMARTS) is 1. The van der Waals surface area contributed by atoms with E-state index in [2.05, 4.69) is 10.6 Å². The summed E-state index contributed by atoms with van der Waals surface area (Å²) in [6.07, 6.45) is -0.874. The number of benzene rings is 1. The molecule has 194 valence electrons. The van der Waals surface area contributed by atoms with Gasteiger partial charge in [-0.3, -0.25) is 19.3 Å². The molecule has 3 rings (SSSR count). The molecule has 2 heterocycles. The van der Waals surface area contributed by atoms with Crippen LogP contribution in [0.3, 0.4) is 0 Å². The predicted octanol–water partition coefficient (Wildman–Crippen LogP) is -3.07. The number of hydrogen-bond acceptors (Lipinski definition) is 10. The Morgan fingerprint density at radius 3 is 2.38 bits per heavy atom. The van der Waals surface area contributed by atoms with Crippen LogP contribution >= 0.6 is 11.8 Å². The van der Waals surface area contributed by atoms with Crippen molar-refractivity contribution < 1.29 is 73.2 Å². The Bertz CT molecular complexity index is 1120. The van der Waals surface area contributed by atoms with E-state index in [4.69, 9.17) is 9.47 Å². The monoisotopic (exact) mass is 543 g/mol. The standard InChI is InChI=1S/C23H27N3O9S.Na/c1-11(27)34-9-13-10-36-20-16(19(30)26(20)17(13)21(31)32)24-18(29)15(12-5-7-14(28)8-6-12)25-22(33)35-23(2,3)4;/h5-8,15-16,20,28H,9-10H2,1-4H3,(H,24,29)(H,25,33)(H,31,32);/q;+1/p-1/t15?,16-,20+;/m0./s1. The van der Waals surface area contributed by atoms with E-state index in [1.165, 1.54) is 43.0 Å². The van der Waals surface area contributed by atoms with Crippen molar-refractivity contribution in [3.05, 3.63) is 41.1 Å². The van der Waals surface area contributed by atoms with E-state index in [0.29, 0.717) is 5.56 Å².